The van der Waals surface area contributed by atoms with Crippen LogP contribution in [0.4, 0.5) is 4.79 Å². The maximum absolute atomic E-state index is 9.70. The second-order valence-corrected chi connectivity index (χ2v) is 1.19. The van der Waals surface area contributed by atoms with Gasteiger partial charge in [0.05, 0.1) is 0 Å². The summed E-state index contributed by atoms with van der Waals surface area (Å²) in [4.78, 5) is 9.70. The Morgan fingerprint density at radius 1 is 1.86 bits per heavy atom. The van der Waals surface area contributed by atoms with Gasteiger partial charge in [-0.15, -0.1) is 0 Å². The van der Waals surface area contributed by atoms with Crippen molar-refractivity contribution >= 4 is 6.03 Å². The van der Waals surface area contributed by atoms with Gasteiger partial charge in [0.2, 0.25) is 0 Å². The summed E-state index contributed by atoms with van der Waals surface area (Å²) in [6.45, 7) is 2.40. The Morgan fingerprint density at radius 2 is 2.43 bits per heavy atom. The number of nitrogens with zero attached hydrogens (tertiary/aromatic N) is 1. The molecule has 0 heterocycles. The third kappa shape index (κ3) is 5.27. The first-order valence-corrected chi connectivity index (χ1v) is 2.20. The molecule has 40 valence electrons. The molecular weight excluding hydrogens is 92.1 g/mol. The maximum Gasteiger partial charge on any atom is 0.355 e. The lowest BCUT2D eigenvalue weighted by Gasteiger charge is -1.87. The Labute approximate surface area is 42.9 Å². The van der Waals surface area contributed by atoms with E-state index >= 15 is 0 Å². The number of carbonyl (C=O) groups is 1. The van der Waals surface area contributed by atoms with Crippen LogP contribution in [0.2, 0.25) is 0 Å². The fraction of sp³-hybridized carbons (Fsp3) is 0.750. The van der Waals surface area contributed by atoms with Crippen molar-refractivity contribution in [2.75, 3.05) is 6.54 Å². The van der Waals surface area contributed by atoms with Crippen molar-refractivity contribution < 1.29 is 4.79 Å². The molecule has 2 amide bonds. The third-order valence-corrected chi connectivity index (χ3v) is 0.479. The average molecular weight is 100 g/mol. The Balaban J connectivity index is 2.82. The van der Waals surface area contributed by atoms with E-state index in [9.17, 15) is 4.79 Å². The second-order valence-electron chi connectivity index (χ2n) is 1.19. The van der Waals surface area contributed by atoms with Gasteiger partial charge in [0.15, 0.2) is 0 Å². The molecule has 1 N–H and O–H groups in total. The number of rotatable bonds is 2. The van der Waals surface area contributed by atoms with E-state index < -0.39 is 6.03 Å². The molecular formula is C4H8N2O. The standard InChI is InChI=1S/C4H8N2O/c1-2-3-6-4(5)7/h5H,2-3H2,1H3. The Hall–Kier alpha value is -0.730. The summed E-state index contributed by atoms with van der Waals surface area (Å²) in [6.07, 6.45) is 0.838. The molecule has 0 saturated heterocycles. The van der Waals surface area contributed by atoms with E-state index in [-0.39, 0.29) is 0 Å². The van der Waals surface area contributed by atoms with E-state index in [0.29, 0.717) is 6.54 Å². The third-order valence-electron chi connectivity index (χ3n) is 0.479. The Morgan fingerprint density at radius 3 is 2.57 bits per heavy atom. The van der Waals surface area contributed by atoms with Crippen LogP contribution in [-0.2, 0) is 0 Å². The molecule has 0 rings (SSSR count). The molecule has 0 bridgehead atoms. The summed E-state index contributed by atoms with van der Waals surface area (Å²) in [5.74, 6) is 0. The first-order chi connectivity index (χ1) is 3.27. The largest absolute Gasteiger partial charge is 0.355 e. The van der Waals surface area contributed by atoms with Crippen LogP contribution in [0.5, 0.6) is 0 Å². The summed E-state index contributed by atoms with van der Waals surface area (Å²) in [7, 11) is 0. The van der Waals surface area contributed by atoms with E-state index in [0.717, 1.165) is 6.42 Å². The fourth-order valence-electron chi connectivity index (χ4n) is 0.213. The van der Waals surface area contributed by atoms with E-state index in [2.05, 4.69) is 5.32 Å². The van der Waals surface area contributed by atoms with Gasteiger partial charge in [-0.2, -0.15) is 0 Å². The van der Waals surface area contributed by atoms with Gasteiger partial charge < -0.3 is 0 Å². The van der Waals surface area contributed by atoms with Gasteiger partial charge in [-0.05, 0) is 6.42 Å². The highest BCUT2D eigenvalue weighted by Crippen LogP contribution is 1.70. The van der Waals surface area contributed by atoms with Crippen molar-refractivity contribution in [2.24, 2.45) is 0 Å². The van der Waals surface area contributed by atoms with Crippen molar-refractivity contribution in [3.8, 4) is 0 Å². The van der Waals surface area contributed by atoms with Gasteiger partial charge in [0.25, 0.3) is 0 Å². The Kier molecular flexibility index (Phi) is 3.10. The summed E-state index contributed by atoms with van der Waals surface area (Å²) in [5, 5.41) is 3.27. The Bertz CT molecular complexity index is 62.7. The normalized spacial score (nSPS) is 8.14. The second kappa shape index (κ2) is 3.46. The van der Waals surface area contributed by atoms with Crippen LogP contribution in [0.3, 0.4) is 0 Å². The van der Waals surface area contributed by atoms with Gasteiger partial charge in [0, 0.05) is 6.54 Å². The summed E-state index contributed by atoms with van der Waals surface area (Å²) in [5.41, 5.74) is 6.28. The van der Waals surface area contributed by atoms with Crippen LogP contribution >= 0.6 is 0 Å². The first-order valence-electron chi connectivity index (χ1n) is 2.20. The molecule has 3 nitrogen and oxygen atoms in total. The lowest BCUT2D eigenvalue weighted by atomic mass is 10.5. The highest BCUT2D eigenvalue weighted by atomic mass is 16.2. The van der Waals surface area contributed by atoms with Crippen molar-refractivity contribution in [3.63, 3.8) is 0 Å². The molecule has 0 aliphatic carbocycles. The molecule has 0 atom stereocenters. The number of hydrogen-bond donors (Lipinski definition) is 0. The molecule has 0 unspecified atom stereocenters. The average Bonchev–Trinajstić information content (AvgIpc) is 1.61. The lowest BCUT2D eigenvalue weighted by molar-refractivity contribution is 0.247. The zero-order valence-corrected chi connectivity index (χ0v) is 4.27. The van der Waals surface area contributed by atoms with Gasteiger partial charge >= 0.3 is 6.03 Å². The van der Waals surface area contributed by atoms with Gasteiger partial charge in [-0.1, -0.05) is 6.92 Å². The van der Waals surface area contributed by atoms with Crippen LogP contribution < -0.4 is 11.1 Å². The molecule has 3 heteroatoms. The molecule has 0 spiro atoms. The zero-order valence-electron chi connectivity index (χ0n) is 4.27. The zero-order chi connectivity index (χ0) is 5.70. The predicted molar refractivity (Wildman–Crippen MR) is 25.8 cm³/mol. The van der Waals surface area contributed by atoms with Crippen molar-refractivity contribution in [1.82, 2.24) is 11.1 Å². The molecule has 2 radical (unpaired) electrons. The van der Waals surface area contributed by atoms with E-state index in [4.69, 9.17) is 5.73 Å². The number of hydrogen-bond acceptors (Lipinski definition) is 1. The monoisotopic (exact) mass is 100 g/mol. The van der Waals surface area contributed by atoms with Gasteiger partial charge in [-0.25, -0.2) is 15.8 Å². The maximum atomic E-state index is 9.70. The predicted octanol–water partition coefficient (Wildman–Crippen LogP) is 0.404. The molecule has 0 aliphatic heterocycles. The number of amides is 2. The highest BCUT2D eigenvalue weighted by Gasteiger charge is 1.88. The molecule has 0 aromatic rings. The number of carbonyl (C=O) groups excluding carboxylic acids is 1. The lowest BCUT2D eigenvalue weighted by Crippen LogP contribution is -2.14. The smallest absolute Gasteiger partial charge is 0.246 e. The first kappa shape index (κ1) is 6.27. The van der Waals surface area contributed by atoms with Crippen molar-refractivity contribution in [1.29, 1.82) is 0 Å². The van der Waals surface area contributed by atoms with Crippen LogP contribution in [0.25, 0.3) is 0 Å². The molecule has 0 aliphatic rings. The van der Waals surface area contributed by atoms with Crippen molar-refractivity contribution in [3.05, 3.63) is 0 Å². The minimum absolute atomic E-state index is 0.488. The summed E-state index contributed by atoms with van der Waals surface area (Å²) < 4.78 is 0. The minimum Gasteiger partial charge on any atom is -0.246 e. The van der Waals surface area contributed by atoms with Crippen LogP contribution in [0.15, 0.2) is 0 Å². The quantitative estimate of drug-likeness (QED) is 0.495. The van der Waals surface area contributed by atoms with Crippen LogP contribution in [0, 0.1) is 0 Å². The van der Waals surface area contributed by atoms with Gasteiger partial charge in [0.1, 0.15) is 0 Å². The van der Waals surface area contributed by atoms with Crippen LogP contribution in [0.1, 0.15) is 13.3 Å². The highest BCUT2D eigenvalue weighted by molar-refractivity contribution is 5.70. The van der Waals surface area contributed by atoms with E-state index in [1.54, 1.807) is 0 Å². The number of urea groups is 1. The van der Waals surface area contributed by atoms with E-state index in [1.165, 1.54) is 0 Å². The molecule has 0 aromatic heterocycles. The molecule has 0 aromatic carbocycles. The van der Waals surface area contributed by atoms with E-state index in [1.807, 2.05) is 6.92 Å². The van der Waals surface area contributed by atoms with Gasteiger partial charge in [-0.3, -0.25) is 0 Å². The summed E-state index contributed by atoms with van der Waals surface area (Å²) >= 11 is 0. The van der Waals surface area contributed by atoms with Crippen molar-refractivity contribution in [2.45, 2.75) is 13.3 Å². The topological polar surface area (TPSA) is 55.0 Å². The summed E-state index contributed by atoms with van der Waals surface area (Å²) in [6, 6.07) is -0.818. The molecule has 0 fully saturated rings. The minimum atomic E-state index is -0.818. The SMILES string of the molecule is CCC[N]C([NH])=O. The number of nitrogens with one attached hydrogen (secondary N) is 1. The fourth-order valence-corrected chi connectivity index (χ4v) is 0.213. The molecule has 7 heavy (non-hydrogen) atoms. The molecule has 0 saturated carbocycles. The van der Waals surface area contributed by atoms with Crippen LogP contribution in [-0.4, -0.2) is 12.6 Å².